The van der Waals surface area contributed by atoms with Gasteiger partial charge < -0.3 is 10.2 Å². The maximum absolute atomic E-state index is 10.7. The van der Waals surface area contributed by atoms with Crippen LogP contribution in [0.1, 0.15) is 10.4 Å². The molecule has 1 amide bonds. The van der Waals surface area contributed by atoms with Crippen molar-refractivity contribution in [1.82, 2.24) is 0 Å². The van der Waals surface area contributed by atoms with Gasteiger partial charge in [-0.25, -0.2) is 0 Å². The zero-order chi connectivity index (χ0) is 8.55. The molecule has 2 N–H and O–H groups in total. The molecule has 0 saturated heterocycles. The number of primary amides is 1. The predicted molar refractivity (Wildman–Crippen MR) is 44.7 cm³/mol. The van der Waals surface area contributed by atoms with E-state index in [1.165, 1.54) is 0 Å². The van der Waals surface area contributed by atoms with Crippen molar-refractivity contribution in [3.8, 4) is 0 Å². The number of hydrogen-bond donors (Lipinski definition) is 1. The van der Waals surface area contributed by atoms with Gasteiger partial charge in [-0.15, -0.1) is 0 Å². The molecule has 3 heteroatoms. The summed E-state index contributed by atoms with van der Waals surface area (Å²) in [5, 5.41) is 0.972. The number of nitrogens with two attached hydrogens (primary N) is 1. The van der Waals surface area contributed by atoms with E-state index in [1.807, 2.05) is 6.07 Å². The molecule has 0 fully saturated rings. The fraction of sp³-hybridized carbons (Fsp3) is 0. The standard InChI is InChI=1S/C9H7NO2/c10-9(11)7-2-1-6-3-4-12-8(6)5-7/h1-5H,(H2,10,11). The average Bonchev–Trinajstić information content (AvgIpc) is 2.49. The van der Waals surface area contributed by atoms with Gasteiger partial charge in [-0.2, -0.15) is 0 Å². The highest BCUT2D eigenvalue weighted by atomic mass is 16.3. The summed E-state index contributed by atoms with van der Waals surface area (Å²) in [6.07, 6.45) is 1.58. The Kier molecular flexibility index (Phi) is 1.37. The third-order valence-corrected chi connectivity index (χ3v) is 1.74. The summed E-state index contributed by atoms with van der Waals surface area (Å²) in [7, 11) is 0. The second-order valence-corrected chi connectivity index (χ2v) is 2.54. The van der Waals surface area contributed by atoms with Crippen molar-refractivity contribution in [3.63, 3.8) is 0 Å². The second-order valence-electron chi connectivity index (χ2n) is 2.54. The van der Waals surface area contributed by atoms with Crippen molar-refractivity contribution in [3.05, 3.63) is 36.1 Å². The number of furan rings is 1. The molecule has 1 aromatic carbocycles. The monoisotopic (exact) mass is 161 g/mol. The fourth-order valence-corrected chi connectivity index (χ4v) is 1.11. The molecule has 0 aliphatic carbocycles. The minimum atomic E-state index is -0.437. The molecule has 0 atom stereocenters. The first kappa shape index (κ1) is 6.91. The molecule has 0 aliphatic heterocycles. The number of amides is 1. The largest absolute Gasteiger partial charge is 0.464 e. The van der Waals surface area contributed by atoms with Crippen molar-refractivity contribution in [2.75, 3.05) is 0 Å². The Balaban J connectivity index is 2.68. The van der Waals surface area contributed by atoms with E-state index in [0.717, 1.165) is 5.39 Å². The van der Waals surface area contributed by atoms with Crippen LogP contribution in [0.5, 0.6) is 0 Å². The molecule has 0 bridgehead atoms. The lowest BCUT2D eigenvalue weighted by Crippen LogP contribution is -2.10. The third kappa shape index (κ3) is 0.955. The van der Waals surface area contributed by atoms with Crippen LogP contribution in [0.4, 0.5) is 0 Å². The van der Waals surface area contributed by atoms with Gasteiger partial charge in [-0.3, -0.25) is 4.79 Å². The molecule has 3 nitrogen and oxygen atoms in total. The predicted octanol–water partition coefficient (Wildman–Crippen LogP) is 1.53. The van der Waals surface area contributed by atoms with E-state index in [1.54, 1.807) is 24.5 Å². The van der Waals surface area contributed by atoms with Gasteiger partial charge in [-0.05, 0) is 18.2 Å². The van der Waals surface area contributed by atoms with Crippen molar-refractivity contribution in [2.45, 2.75) is 0 Å². The summed E-state index contributed by atoms with van der Waals surface area (Å²) < 4.78 is 5.10. The number of rotatable bonds is 1. The van der Waals surface area contributed by atoms with Crippen LogP contribution in [0.2, 0.25) is 0 Å². The first-order valence-electron chi connectivity index (χ1n) is 3.54. The van der Waals surface area contributed by atoms with Gasteiger partial charge >= 0.3 is 0 Å². The Labute approximate surface area is 68.8 Å². The van der Waals surface area contributed by atoms with Crippen LogP contribution in [-0.4, -0.2) is 5.91 Å². The van der Waals surface area contributed by atoms with Gasteiger partial charge in [0.05, 0.1) is 6.26 Å². The van der Waals surface area contributed by atoms with Crippen LogP contribution in [0, 0.1) is 0 Å². The minimum Gasteiger partial charge on any atom is -0.464 e. The summed E-state index contributed by atoms with van der Waals surface area (Å²) in [4.78, 5) is 10.7. The SMILES string of the molecule is NC(=O)c1ccc2ccoc2c1. The maximum Gasteiger partial charge on any atom is 0.248 e. The average molecular weight is 161 g/mol. The summed E-state index contributed by atoms with van der Waals surface area (Å²) in [5.41, 5.74) is 6.25. The molecule has 0 saturated carbocycles. The Morgan fingerprint density at radius 1 is 1.33 bits per heavy atom. The zero-order valence-corrected chi connectivity index (χ0v) is 6.28. The van der Waals surface area contributed by atoms with Crippen molar-refractivity contribution in [2.24, 2.45) is 5.73 Å². The molecule has 1 aromatic heterocycles. The van der Waals surface area contributed by atoms with E-state index >= 15 is 0 Å². The Morgan fingerprint density at radius 2 is 2.17 bits per heavy atom. The van der Waals surface area contributed by atoms with E-state index in [-0.39, 0.29) is 0 Å². The normalized spacial score (nSPS) is 10.3. The van der Waals surface area contributed by atoms with Gasteiger partial charge in [0, 0.05) is 10.9 Å². The Bertz CT molecular complexity index is 431. The molecular formula is C9H7NO2. The number of carbonyl (C=O) groups excluding carboxylic acids is 1. The molecule has 60 valence electrons. The van der Waals surface area contributed by atoms with Crippen molar-refractivity contribution >= 4 is 16.9 Å². The highest BCUT2D eigenvalue weighted by molar-refractivity contribution is 5.96. The second kappa shape index (κ2) is 2.37. The van der Waals surface area contributed by atoms with Crippen LogP contribution < -0.4 is 5.73 Å². The van der Waals surface area contributed by atoms with Crippen LogP contribution in [-0.2, 0) is 0 Å². The summed E-state index contributed by atoms with van der Waals surface area (Å²) in [6, 6.07) is 6.96. The quantitative estimate of drug-likeness (QED) is 0.689. The number of benzene rings is 1. The lowest BCUT2D eigenvalue weighted by Gasteiger charge is -1.93. The van der Waals surface area contributed by atoms with Crippen molar-refractivity contribution < 1.29 is 9.21 Å². The molecule has 0 radical (unpaired) electrons. The maximum atomic E-state index is 10.7. The van der Waals surface area contributed by atoms with E-state index in [2.05, 4.69) is 0 Å². The third-order valence-electron chi connectivity index (χ3n) is 1.74. The van der Waals surface area contributed by atoms with E-state index < -0.39 is 5.91 Å². The fourth-order valence-electron chi connectivity index (χ4n) is 1.11. The highest BCUT2D eigenvalue weighted by Crippen LogP contribution is 2.16. The lowest BCUT2D eigenvalue weighted by molar-refractivity contribution is 0.100. The van der Waals surface area contributed by atoms with E-state index in [4.69, 9.17) is 10.2 Å². The van der Waals surface area contributed by atoms with Gasteiger partial charge in [0.1, 0.15) is 5.58 Å². The highest BCUT2D eigenvalue weighted by Gasteiger charge is 2.02. The molecule has 0 unspecified atom stereocenters. The van der Waals surface area contributed by atoms with Crippen LogP contribution in [0.25, 0.3) is 11.0 Å². The minimum absolute atomic E-state index is 0.437. The van der Waals surface area contributed by atoms with Crippen LogP contribution in [0.15, 0.2) is 34.9 Å². The number of fused-ring (bicyclic) bond motifs is 1. The van der Waals surface area contributed by atoms with Crippen LogP contribution >= 0.6 is 0 Å². The van der Waals surface area contributed by atoms with Gasteiger partial charge in [0.15, 0.2) is 0 Å². The molecular weight excluding hydrogens is 154 g/mol. The van der Waals surface area contributed by atoms with Gasteiger partial charge in [0.25, 0.3) is 0 Å². The van der Waals surface area contributed by atoms with Crippen LogP contribution in [0.3, 0.4) is 0 Å². The molecule has 0 spiro atoms. The topological polar surface area (TPSA) is 56.2 Å². The molecule has 2 rings (SSSR count). The van der Waals surface area contributed by atoms with E-state index in [0.29, 0.717) is 11.1 Å². The first-order valence-corrected chi connectivity index (χ1v) is 3.54. The summed E-state index contributed by atoms with van der Waals surface area (Å²) >= 11 is 0. The zero-order valence-electron chi connectivity index (χ0n) is 6.28. The Morgan fingerprint density at radius 3 is 2.92 bits per heavy atom. The molecule has 2 aromatic rings. The number of hydrogen-bond acceptors (Lipinski definition) is 2. The summed E-state index contributed by atoms with van der Waals surface area (Å²) in [6.45, 7) is 0. The van der Waals surface area contributed by atoms with E-state index in [9.17, 15) is 4.79 Å². The molecule has 0 aliphatic rings. The molecule has 12 heavy (non-hydrogen) atoms. The number of carbonyl (C=O) groups is 1. The summed E-state index contributed by atoms with van der Waals surface area (Å²) in [5.74, 6) is -0.437. The first-order chi connectivity index (χ1) is 5.77. The smallest absolute Gasteiger partial charge is 0.248 e. The van der Waals surface area contributed by atoms with Gasteiger partial charge in [0.2, 0.25) is 5.91 Å². The van der Waals surface area contributed by atoms with Crippen molar-refractivity contribution in [1.29, 1.82) is 0 Å². The lowest BCUT2D eigenvalue weighted by atomic mass is 10.2. The van der Waals surface area contributed by atoms with Gasteiger partial charge in [-0.1, -0.05) is 6.07 Å². The molecule has 1 heterocycles. The Hall–Kier alpha value is -1.77.